The third-order valence-electron chi connectivity index (χ3n) is 4.39. The highest BCUT2D eigenvalue weighted by Crippen LogP contribution is 2.28. The smallest absolute Gasteiger partial charge is 0.121 e. The molecule has 1 aromatic carbocycles. The Morgan fingerprint density at radius 1 is 1.29 bits per heavy atom. The number of hydrogen-bond acceptors (Lipinski definition) is 3. The Kier molecular flexibility index (Phi) is 6.37. The highest BCUT2D eigenvalue weighted by molar-refractivity contribution is 5.49. The second-order valence-electron chi connectivity index (χ2n) is 6.31. The molecule has 0 heterocycles. The summed E-state index contributed by atoms with van der Waals surface area (Å²) in [7, 11) is 4.12. The van der Waals surface area contributed by atoms with Crippen LogP contribution in [-0.2, 0) is 0 Å². The van der Waals surface area contributed by atoms with E-state index in [1.165, 1.54) is 37.8 Å². The summed E-state index contributed by atoms with van der Waals surface area (Å²) >= 11 is 0. The van der Waals surface area contributed by atoms with E-state index in [0.717, 1.165) is 24.8 Å². The first-order valence-electron chi connectivity index (χ1n) is 8.34. The Balaban J connectivity index is 1.92. The number of nitrogens with one attached hydrogen (secondary N) is 1. The normalized spacial score (nSPS) is 16.9. The van der Waals surface area contributed by atoms with Crippen LogP contribution in [0.2, 0.25) is 0 Å². The van der Waals surface area contributed by atoms with Crippen LogP contribution in [0.15, 0.2) is 24.3 Å². The molecule has 2 rings (SSSR count). The molecule has 0 saturated heterocycles. The molecule has 0 aromatic heterocycles. The number of anilines is 1. The molecule has 0 aliphatic heterocycles. The van der Waals surface area contributed by atoms with Gasteiger partial charge in [-0.15, -0.1) is 0 Å². The van der Waals surface area contributed by atoms with E-state index in [1.54, 1.807) is 0 Å². The van der Waals surface area contributed by atoms with Crippen LogP contribution in [-0.4, -0.2) is 33.3 Å². The van der Waals surface area contributed by atoms with Crippen molar-refractivity contribution in [1.82, 2.24) is 5.32 Å². The minimum Gasteiger partial charge on any atom is -0.492 e. The fourth-order valence-electron chi connectivity index (χ4n) is 3.09. The molecule has 1 unspecified atom stereocenters. The van der Waals surface area contributed by atoms with Gasteiger partial charge in [0, 0.05) is 31.9 Å². The van der Waals surface area contributed by atoms with Crippen molar-refractivity contribution in [1.29, 1.82) is 0 Å². The van der Waals surface area contributed by atoms with Gasteiger partial charge in [-0.25, -0.2) is 0 Å². The highest BCUT2D eigenvalue weighted by Gasteiger charge is 2.25. The van der Waals surface area contributed by atoms with E-state index >= 15 is 0 Å². The van der Waals surface area contributed by atoms with Gasteiger partial charge >= 0.3 is 0 Å². The monoisotopic (exact) mass is 290 g/mol. The van der Waals surface area contributed by atoms with E-state index in [2.05, 4.69) is 55.5 Å². The first-order chi connectivity index (χ1) is 10.2. The average Bonchev–Trinajstić information content (AvgIpc) is 3.02. The van der Waals surface area contributed by atoms with Gasteiger partial charge in [-0.05, 0) is 43.9 Å². The van der Waals surface area contributed by atoms with E-state index in [0.29, 0.717) is 6.04 Å². The van der Waals surface area contributed by atoms with E-state index in [-0.39, 0.29) is 0 Å². The summed E-state index contributed by atoms with van der Waals surface area (Å²) in [5.74, 6) is 1.76. The number of ether oxygens (including phenoxy) is 1. The Morgan fingerprint density at radius 2 is 2.05 bits per heavy atom. The summed E-state index contributed by atoms with van der Waals surface area (Å²) in [6, 6.07) is 8.84. The predicted molar refractivity (Wildman–Crippen MR) is 90.3 cm³/mol. The largest absolute Gasteiger partial charge is 0.492 e. The summed E-state index contributed by atoms with van der Waals surface area (Å²) < 4.78 is 6.08. The lowest BCUT2D eigenvalue weighted by atomic mass is 9.98. The molecule has 3 heteroatoms. The Labute approximate surface area is 129 Å². The Bertz CT molecular complexity index is 413. The van der Waals surface area contributed by atoms with Crippen molar-refractivity contribution in [3.05, 3.63) is 24.3 Å². The van der Waals surface area contributed by atoms with Crippen LogP contribution in [0.3, 0.4) is 0 Å². The van der Waals surface area contributed by atoms with E-state index < -0.39 is 0 Å². The van der Waals surface area contributed by atoms with E-state index in [1.807, 2.05) is 0 Å². The summed E-state index contributed by atoms with van der Waals surface area (Å²) in [5, 5.41) is 3.68. The van der Waals surface area contributed by atoms with Crippen LogP contribution in [0.4, 0.5) is 5.69 Å². The molecule has 1 saturated carbocycles. The summed E-state index contributed by atoms with van der Waals surface area (Å²) in [5.41, 5.74) is 1.19. The molecule has 1 atom stereocenters. The molecule has 0 radical (unpaired) electrons. The van der Waals surface area contributed by atoms with Gasteiger partial charge in [0.1, 0.15) is 12.4 Å². The second-order valence-corrected chi connectivity index (χ2v) is 6.31. The van der Waals surface area contributed by atoms with Gasteiger partial charge in [0.2, 0.25) is 0 Å². The number of nitrogens with zero attached hydrogens (tertiary/aromatic N) is 1. The molecule has 1 N–H and O–H groups in total. The molecule has 0 spiro atoms. The number of benzene rings is 1. The lowest BCUT2D eigenvalue weighted by Crippen LogP contribution is -2.40. The van der Waals surface area contributed by atoms with E-state index in [4.69, 9.17) is 4.74 Å². The molecule has 1 aromatic rings. The molecule has 1 aliphatic rings. The van der Waals surface area contributed by atoms with Crippen LogP contribution >= 0.6 is 0 Å². The topological polar surface area (TPSA) is 24.5 Å². The SMILES string of the molecule is CCCNC(COc1cccc(N(C)C)c1)C1CCCC1. The van der Waals surface area contributed by atoms with Gasteiger partial charge in [0.25, 0.3) is 0 Å². The third kappa shape index (κ3) is 4.92. The van der Waals surface area contributed by atoms with Gasteiger partial charge in [-0.3, -0.25) is 0 Å². The fourth-order valence-corrected chi connectivity index (χ4v) is 3.09. The van der Waals surface area contributed by atoms with Gasteiger partial charge in [-0.2, -0.15) is 0 Å². The predicted octanol–water partition coefficient (Wildman–Crippen LogP) is 3.69. The zero-order valence-electron chi connectivity index (χ0n) is 13.8. The lowest BCUT2D eigenvalue weighted by molar-refractivity contribution is 0.217. The first kappa shape index (κ1) is 16.2. The van der Waals surface area contributed by atoms with Crippen LogP contribution < -0.4 is 15.0 Å². The maximum absolute atomic E-state index is 6.08. The van der Waals surface area contributed by atoms with Crippen molar-refractivity contribution < 1.29 is 4.74 Å². The third-order valence-corrected chi connectivity index (χ3v) is 4.39. The van der Waals surface area contributed by atoms with Crippen molar-refractivity contribution in [3.63, 3.8) is 0 Å². The Morgan fingerprint density at radius 3 is 2.71 bits per heavy atom. The Hall–Kier alpha value is -1.22. The summed E-state index contributed by atoms with van der Waals surface area (Å²) in [6.45, 7) is 4.09. The zero-order valence-corrected chi connectivity index (χ0v) is 13.8. The van der Waals surface area contributed by atoms with Gasteiger partial charge in [0.15, 0.2) is 0 Å². The van der Waals surface area contributed by atoms with Crippen molar-refractivity contribution in [2.75, 3.05) is 32.1 Å². The molecule has 118 valence electrons. The summed E-state index contributed by atoms with van der Waals surface area (Å²) in [6.07, 6.45) is 6.64. The molecule has 21 heavy (non-hydrogen) atoms. The lowest BCUT2D eigenvalue weighted by Gasteiger charge is -2.25. The first-order valence-corrected chi connectivity index (χ1v) is 8.34. The zero-order chi connectivity index (χ0) is 15.1. The quantitative estimate of drug-likeness (QED) is 0.790. The van der Waals surface area contributed by atoms with Gasteiger partial charge in [-0.1, -0.05) is 25.8 Å². The number of rotatable bonds is 8. The molecule has 1 fully saturated rings. The molecular formula is C18H30N2O. The van der Waals surface area contributed by atoms with Crippen molar-refractivity contribution in [3.8, 4) is 5.75 Å². The van der Waals surface area contributed by atoms with E-state index in [9.17, 15) is 0 Å². The minimum atomic E-state index is 0.496. The molecule has 0 amide bonds. The maximum atomic E-state index is 6.08. The van der Waals surface area contributed by atoms with Gasteiger partial charge < -0.3 is 15.0 Å². The van der Waals surface area contributed by atoms with Crippen molar-refractivity contribution >= 4 is 5.69 Å². The molecular weight excluding hydrogens is 260 g/mol. The average molecular weight is 290 g/mol. The molecule has 3 nitrogen and oxygen atoms in total. The van der Waals surface area contributed by atoms with Crippen LogP contribution in [0.5, 0.6) is 5.75 Å². The van der Waals surface area contributed by atoms with Crippen LogP contribution in [0.25, 0.3) is 0 Å². The molecule has 0 bridgehead atoms. The van der Waals surface area contributed by atoms with Crippen molar-refractivity contribution in [2.45, 2.75) is 45.1 Å². The standard InChI is InChI=1S/C18H30N2O/c1-4-12-19-18(15-8-5-6-9-15)14-21-17-11-7-10-16(13-17)20(2)3/h7,10-11,13,15,18-19H,4-6,8-9,12,14H2,1-3H3. The number of hydrogen-bond donors (Lipinski definition) is 1. The summed E-state index contributed by atoms with van der Waals surface area (Å²) in [4.78, 5) is 2.11. The fraction of sp³-hybridized carbons (Fsp3) is 0.667. The minimum absolute atomic E-state index is 0.496. The highest BCUT2D eigenvalue weighted by atomic mass is 16.5. The second kappa shape index (κ2) is 8.28. The van der Waals surface area contributed by atoms with Crippen LogP contribution in [0, 0.1) is 5.92 Å². The van der Waals surface area contributed by atoms with Gasteiger partial charge in [0.05, 0.1) is 0 Å². The van der Waals surface area contributed by atoms with Crippen molar-refractivity contribution in [2.24, 2.45) is 5.92 Å². The van der Waals surface area contributed by atoms with Crippen LogP contribution in [0.1, 0.15) is 39.0 Å². The molecule has 1 aliphatic carbocycles. The maximum Gasteiger partial charge on any atom is 0.121 e.